The summed E-state index contributed by atoms with van der Waals surface area (Å²) in [5.41, 5.74) is 1.15. The quantitative estimate of drug-likeness (QED) is 0.762. The van der Waals surface area contributed by atoms with Crippen LogP contribution in [0.5, 0.6) is 0 Å². The Kier molecular flexibility index (Phi) is 6.26. The molecular formula is C16H28BrN3O. The van der Waals surface area contributed by atoms with E-state index in [-0.39, 0.29) is 11.6 Å². The van der Waals surface area contributed by atoms with E-state index < -0.39 is 0 Å². The molecule has 0 spiro atoms. The second-order valence-corrected chi connectivity index (χ2v) is 6.64. The molecule has 1 N–H and O–H groups in total. The lowest BCUT2D eigenvalue weighted by atomic mass is 9.89. The SMILES string of the molecule is CCCNC(c1c(Br)cnn1CC)C1(OCC)CCCC1. The van der Waals surface area contributed by atoms with E-state index in [1.54, 1.807) is 0 Å². The van der Waals surface area contributed by atoms with Gasteiger partial charge < -0.3 is 10.1 Å². The lowest BCUT2D eigenvalue weighted by Gasteiger charge is -2.38. The summed E-state index contributed by atoms with van der Waals surface area (Å²) >= 11 is 3.69. The van der Waals surface area contributed by atoms with E-state index in [0.717, 1.165) is 43.4 Å². The van der Waals surface area contributed by atoms with E-state index in [1.807, 2.05) is 6.20 Å². The fraction of sp³-hybridized carbons (Fsp3) is 0.812. The standard InChI is InChI=1S/C16H28BrN3O/c1-4-11-18-15(14-13(17)12-19-20(14)5-2)16(21-6-3)9-7-8-10-16/h12,15,18H,4-11H2,1-3H3. The van der Waals surface area contributed by atoms with Crippen molar-refractivity contribution < 1.29 is 4.74 Å². The van der Waals surface area contributed by atoms with Gasteiger partial charge in [0.1, 0.15) is 0 Å². The van der Waals surface area contributed by atoms with Crippen LogP contribution in [0.4, 0.5) is 0 Å². The summed E-state index contributed by atoms with van der Waals surface area (Å²) in [6.45, 7) is 9.10. The first kappa shape index (κ1) is 17.0. The molecule has 1 atom stereocenters. The molecule has 0 amide bonds. The molecule has 5 heteroatoms. The van der Waals surface area contributed by atoms with Crippen LogP contribution in [0.2, 0.25) is 0 Å². The van der Waals surface area contributed by atoms with Crippen LogP contribution in [-0.2, 0) is 11.3 Å². The van der Waals surface area contributed by atoms with Gasteiger partial charge in [-0.3, -0.25) is 4.68 Å². The maximum Gasteiger partial charge on any atom is 0.0891 e. The van der Waals surface area contributed by atoms with E-state index >= 15 is 0 Å². The number of aryl methyl sites for hydroxylation is 1. The molecule has 1 aliphatic rings. The van der Waals surface area contributed by atoms with Crippen molar-refractivity contribution in [2.45, 2.75) is 71.1 Å². The zero-order valence-corrected chi connectivity index (χ0v) is 15.1. The Morgan fingerprint density at radius 3 is 2.67 bits per heavy atom. The monoisotopic (exact) mass is 357 g/mol. The third kappa shape index (κ3) is 3.51. The molecule has 0 aromatic carbocycles. The number of nitrogens with zero attached hydrogens (tertiary/aromatic N) is 2. The number of hydrogen-bond acceptors (Lipinski definition) is 3. The summed E-state index contributed by atoms with van der Waals surface area (Å²) < 4.78 is 9.48. The maximum absolute atomic E-state index is 6.30. The first-order valence-corrected chi connectivity index (χ1v) is 9.06. The molecule has 1 unspecified atom stereocenters. The fourth-order valence-electron chi connectivity index (χ4n) is 3.51. The van der Waals surface area contributed by atoms with Gasteiger partial charge in [-0.15, -0.1) is 0 Å². The minimum Gasteiger partial charge on any atom is -0.373 e. The van der Waals surface area contributed by atoms with Crippen molar-refractivity contribution >= 4 is 15.9 Å². The zero-order chi connectivity index (χ0) is 15.3. The Morgan fingerprint density at radius 1 is 1.38 bits per heavy atom. The highest BCUT2D eigenvalue weighted by Crippen LogP contribution is 2.44. The van der Waals surface area contributed by atoms with Crippen molar-refractivity contribution in [2.24, 2.45) is 0 Å². The molecule has 1 heterocycles. The number of rotatable bonds is 8. The van der Waals surface area contributed by atoms with Gasteiger partial charge in [-0.2, -0.15) is 5.10 Å². The number of hydrogen-bond donors (Lipinski definition) is 1. The van der Waals surface area contributed by atoms with Gasteiger partial charge in [-0.25, -0.2) is 0 Å². The average molecular weight is 358 g/mol. The molecule has 4 nitrogen and oxygen atoms in total. The number of halogens is 1. The van der Waals surface area contributed by atoms with Crippen molar-refractivity contribution in [3.05, 3.63) is 16.4 Å². The van der Waals surface area contributed by atoms with Crippen LogP contribution < -0.4 is 5.32 Å². The molecule has 0 aliphatic heterocycles. The van der Waals surface area contributed by atoms with Crippen LogP contribution in [0, 0.1) is 0 Å². The van der Waals surface area contributed by atoms with Crippen LogP contribution in [0.3, 0.4) is 0 Å². The Hall–Kier alpha value is -0.390. The molecular weight excluding hydrogens is 330 g/mol. The summed E-state index contributed by atoms with van der Waals surface area (Å²) in [6, 6.07) is 0.205. The minimum atomic E-state index is -0.0839. The molecule has 0 bridgehead atoms. The number of ether oxygens (including phenoxy) is 1. The first-order chi connectivity index (χ1) is 10.2. The Labute approximate surface area is 136 Å². The molecule has 2 rings (SSSR count). The summed E-state index contributed by atoms with van der Waals surface area (Å²) in [5.74, 6) is 0. The van der Waals surface area contributed by atoms with E-state index in [1.165, 1.54) is 18.5 Å². The predicted octanol–water partition coefficient (Wildman–Crippen LogP) is 4.06. The topological polar surface area (TPSA) is 39.1 Å². The third-order valence-electron chi connectivity index (χ3n) is 4.41. The minimum absolute atomic E-state index is 0.0839. The van der Waals surface area contributed by atoms with E-state index in [2.05, 4.69) is 51.8 Å². The molecule has 120 valence electrons. The van der Waals surface area contributed by atoms with Gasteiger partial charge in [0.05, 0.1) is 28.0 Å². The lowest BCUT2D eigenvalue weighted by molar-refractivity contribution is -0.0646. The Bertz CT molecular complexity index is 441. The van der Waals surface area contributed by atoms with Crippen molar-refractivity contribution in [3.8, 4) is 0 Å². The molecule has 1 aromatic heterocycles. The fourth-order valence-corrected chi connectivity index (χ4v) is 4.03. The van der Waals surface area contributed by atoms with Crippen molar-refractivity contribution in [1.29, 1.82) is 0 Å². The van der Waals surface area contributed by atoms with Gasteiger partial charge in [-0.05, 0) is 55.6 Å². The molecule has 21 heavy (non-hydrogen) atoms. The molecule has 1 saturated carbocycles. The van der Waals surface area contributed by atoms with Gasteiger partial charge in [0.15, 0.2) is 0 Å². The molecule has 0 saturated heterocycles. The van der Waals surface area contributed by atoms with E-state index in [0.29, 0.717) is 0 Å². The van der Waals surface area contributed by atoms with Crippen molar-refractivity contribution in [1.82, 2.24) is 15.1 Å². The van der Waals surface area contributed by atoms with Crippen LogP contribution in [0.25, 0.3) is 0 Å². The zero-order valence-electron chi connectivity index (χ0n) is 13.5. The normalized spacial score (nSPS) is 19.0. The molecule has 1 aromatic rings. The predicted molar refractivity (Wildman–Crippen MR) is 89.5 cm³/mol. The highest BCUT2D eigenvalue weighted by atomic mass is 79.9. The van der Waals surface area contributed by atoms with Gasteiger partial charge in [0.2, 0.25) is 0 Å². The summed E-state index contributed by atoms with van der Waals surface area (Å²) in [5, 5.41) is 8.24. The highest BCUT2D eigenvalue weighted by molar-refractivity contribution is 9.10. The van der Waals surface area contributed by atoms with Crippen LogP contribution in [0.1, 0.15) is 64.6 Å². The number of nitrogens with one attached hydrogen (secondary N) is 1. The largest absolute Gasteiger partial charge is 0.373 e. The highest BCUT2D eigenvalue weighted by Gasteiger charge is 2.44. The van der Waals surface area contributed by atoms with Crippen molar-refractivity contribution in [3.63, 3.8) is 0 Å². The molecule has 1 fully saturated rings. The lowest BCUT2D eigenvalue weighted by Crippen LogP contribution is -2.45. The van der Waals surface area contributed by atoms with Crippen LogP contribution >= 0.6 is 15.9 Å². The van der Waals surface area contributed by atoms with Gasteiger partial charge in [-0.1, -0.05) is 19.8 Å². The molecule has 0 radical (unpaired) electrons. The Balaban J connectivity index is 2.38. The van der Waals surface area contributed by atoms with Crippen LogP contribution in [0.15, 0.2) is 10.7 Å². The van der Waals surface area contributed by atoms with Gasteiger partial charge in [0.25, 0.3) is 0 Å². The summed E-state index contributed by atoms with van der Waals surface area (Å²) in [4.78, 5) is 0. The average Bonchev–Trinajstić information content (AvgIpc) is 3.08. The summed E-state index contributed by atoms with van der Waals surface area (Å²) in [6.07, 6.45) is 7.79. The molecule has 1 aliphatic carbocycles. The first-order valence-electron chi connectivity index (χ1n) is 8.27. The van der Waals surface area contributed by atoms with E-state index in [9.17, 15) is 0 Å². The Morgan fingerprint density at radius 2 is 2.10 bits per heavy atom. The third-order valence-corrected chi connectivity index (χ3v) is 5.02. The van der Waals surface area contributed by atoms with Crippen molar-refractivity contribution in [2.75, 3.05) is 13.2 Å². The number of aromatic nitrogens is 2. The summed E-state index contributed by atoms with van der Waals surface area (Å²) in [7, 11) is 0. The second kappa shape index (κ2) is 7.75. The second-order valence-electron chi connectivity index (χ2n) is 5.79. The van der Waals surface area contributed by atoms with E-state index in [4.69, 9.17) is 4.74 Å². The van der Waals surface area contributed by atoms with Gasteiger partial charge in [0, 0.05) is 13.2 Å². The smallest absolute Gasteiger partial charge is 0.0891 e. The van der Waals surface area contributed by atoms with Gasteiger partial charge >= 0.3 is 0 Å². The van der Waals surface area contributed by atoms with Crippen LogP contribution in [-0.4, -0.2) is 28.5 Å². The maximum atomic E-state index is 6.30.